The van der Waals surface area contributed by atoms with Crippen LogP contribution in [0.15, 0.2) is 0 Å². The van der Waals surface area contributed by atoms with Gasteiger partial charge in [0, 0.05) is 13.1 Å². The van der Waals surface area contributed by atoms with Crippen LogP contribution in [0, 0.1) is 5.41 Å². The van der Waals surface area contributed by atoms with Crippen LogP contribution >= 0.6 is 0 Å². The van der Waals surface area contributed by atoms with Gasteiger partial charge in [-0.25, -0.2) is 0 Å². The minimum atomic E-state index is 0.714. The molecule has 0 unspecified atom stereocenters. The first-order valence-electron chi connectivity index (χ1n) is 5.54. The largest absolute Gasteiger partial charge is 0.316 e. The summed E-state index contributed by atoms with van der Waals surface area (Å²) in [5, 5.41) is 3.42. The third kappa shape index (κ3) is 2.48. The minimum Gasteiger partial charge on any atom is -0.316 e. The lowest BCUT2D eigenvalue weighted by atomic mass is 9.73. The number of unbranched alkanes of at least 4 members (excludes halogenated alkanes) is 2. The lowest BCUT2D eigenvalue weighted by molar-refractivity contribution is 0.130. The van der Waals surface area contributed by atoms with Crippen molar-refractivity contribution in [3.63, 3.8) is 0 Å². The van der Waals surface area contributed by atoms with Crippen LogP contribution in [0.5, 0.6) is 0 Å². The molecule has 1 heterocycles. The summed E-state index contributed by atoms with van der Waals surface area (Å²) in [6.45, 7) is 7.15. The van der Waals surface area contributed by atoms with Crippen LogP contribution in [-0.2, 0) is 0 Å². The molecule has 72 valence electrons. The first kappa shape index (κ1) is 10.0. The Balaban J connectivity index is 2.19. The Bertz CT molecular complexity index is 106. The van der Waals surface area contributed by atoms with Crippen molar-refractivity contribution in [3.05, 3.63) is 0 Å². The molecular weight excluding hydrogens is 146 g/mol. The van der Waals surface area contributed by atoms with E-state index in [0.29, 0.717) is 5.41 Å². The fourth-order valence-electron chi connectivity index (χ4n) is 2.06. The Morgan fingerprint density at radius 1 is 1.00 bits per heavy atom. The third-order valence-corrected chi connectivity index (χ3v) is 3.12. The molecule has 0 aromatic carbocycles. The second-order valence-electron chi connectivity index (χ2n) is 4.31. The average Bonchev–Trinajstić information content (AvgIpc) is 2.02. The van der Waals surface area contributed by atoms with E-state index in [-0.39, 0.29) is 0 Å². The molecule has 1 rings (SSSR count). The van der Waals surface area contributed by atoms with Gasteiger partial charge in [-0.3, -0.25) is 0 Å². The highest BCUT2D eigenvalue weighted by Crippen LogP contribution is 2.34. The molecule has 1 saturated heterocycles. The van der Waals surface area contributed by atoms with Gasteiger partial charge in [0.25, 0.3) is 0 Å². The highest BCUT2D eigenvalue weighted by Gasteiger charge is 2.34. The maximum atomic E-state index is 3.42. The SMILES string of the molecule is CCCCC1(CCCC)CNC1. The van der Waals surface area contributed by atoms with Crippen molar-refractivity contribution in [2.24, 2.45) is 5.41 Å². The molecule has 1 aliphatic heterocycles. The summed E-state index contributed by atoms with van der Waals surface area (Å²) < 4.78 is 0. The molecule has 1 heteroatoms. The minimum absolute atomic E-state index is 0.714. The van der Waals surface area contributed by atoms with Gasteiger partial charge in [-0.05, 0) is 18.3 Å². The lowest BCUT2D eigenvalue weighted by Crippen LogP contribution is -2.53. The smallest absolute Gasteiger partial charge is 0.00202 e. The first-order valence-corrected chi connectivity index (χ1v) is 5.54. The quantitative estimate of drug-likeness (QED) is 0.644. The van der Waals surface area contributed by atoms with E-state index in [4.69, 9.17) is 0 Å². The van der Waals surface area contributed by atoms with Gasteiger partial charge in [-0.1, -0.05) is 39.5 Å². The average molecular weight is 169 g/mol. The van der Waals surface area contributed by atoms with Crippen molar-refractivity contribution in [1.82, 2.24) is 5.32 Å². The molecule has 0 aromatic rings. The second kappa shape index (κ2) is 4.86. The van der Waals surface area contributed by atoms with Gasteiger partial charge in [-0.2, -0.15) is 0 Å². The maximum Gasteiger partial charge on any atom is 0.00202 e. The Hall–Kier alpha value is -0.0400. The van der Waals surface area contributed by atoms with Gasteiger partial charge < -0.3 is 5.32 Å². The topological polar surface area (TPSA) is 12.0 Å². The molecule has 1 fully saturated rings. The second-order valence-corrected chi connectivity index (χ2v) is 4.31. The molecular formula is C11H23N. The lowest BCUT2D eigenvalue weighted by Gasteiger charge is -2.43. The summed E-state index contributed by atoms with van der Waals surface area (Å²) in [7, 11) is 0. The van der Waals surface area contributed by atoms with E-state index in [1.165, 1.54) is 51.6 Å². The molecule has 12 heavy (non-hydrogen) atoms. The first-order chi connectivity index (χ1) is 5.83. The van der Waals surface area contributed by atoms with Crippen molar-refractivity contribution >= 4 is 0 Å². The molecule has 0 aliphatic carbocycles. The van der Waals surface area contributed by atoms with Crippen LogP contribution in [-0.4, -0.2) is 13.1 Å². The fraction of sp³-hybridized carbons (Fsp3) is 1.00. The van der Waals surface area contributed by atoms with Crippen molar-refractivity contribution in [3.8, 4) is 0 Å². The molecule has 0 atom stereocenters. The summed E-state index contributed by atoms with van der Waals surface area (Å²) in [5.74, 6) is 0. The Morgan fingerprint density at radius 2 is 1.50 bits per heavy atom. The Labute approximate surface area is 76.9 Å². The van der Waals surface area contributed by atoms with Crippen molar-refractivity contribution < 1.29 is 0 Å². The Kier molecular flexibility index (Phi) is 4.07. The van der Waals surface area contributed by atoms with Crippen molar-refractivity contribution in [2.45, 2.75) is 52.4 Å². The Morgan fingerprint density at radius 3 is 1.75 bits per heavy atom. The van der Waals surface area contributed by atoms with Crippen molar-refractivity contribution in [2.75, 3.05) is 13.1 Å². The zero-order chi connectivity index (χ0) is 8.86. The number of nitrogens with one attached hydrogen (secondary N) is 1. The number of rotatable bonds is 6. The van der Waals surface area contributed by atoms with Crippen LogP contribution < -0.4 is 5.32 Å². The summed E-state index contributed by atoms with van der Waals surface area (Å²) in [5.41, 5.74) is 0.714. The molecule has 0 aromatic heterocycles. The van der Waals surface area contributed by atoms with Crippen LogP contribution in [0.25, 0.3) is 0 Å². The molecule has 0 amide bonds. The molecule has 1 nitrogen and oxygen atoms in total. The highest BCUT2D eigenvalue weighted by molar-refractivity contribution is 4.91. The van der Waals surface area contributed by atoms with E-state index in [2.05, 4.69) is 19.2 Å². The predicted octanol–water partition coefficient (Wildman–Crippen LogP) is 2.96. The third-order valence-electron chi connectivity index (χ3n) is 3.12. The predicted molar refractivity (Wildman–Crippen MR) is 54.4 cm³/mol. The number of hydrogen-bond donors (Lipinski definition) is 1. The molecule has 0 spiro atoms. The summed E-state index contributed by atoms with van der Waals surface area (Å²) in [4.78, 5) is 0. The zero-order valence-electron chi connectivity index (χ0n) is 8.66. The van der Waals surface area contributed by atoms with Gasteiger partial charge in [0.15, 0.2) is 0 Å². The van der Waals surface area contributed by atoms with E-state index in [0.717, 1.165) is 0 Å². The van der Waals surface area contributed by atoms with Crippen LogP contribution in [0.3, 0.4) is 0 Å². The van der Waals surface area contributed by atoms with Crippen molar-refractivity contribution in [1.29, 1.82) is 0 Å². The molecule has 0 saturated carbocycles. The maximum absolute atomic E-state index is 3.42. The molecule has 0 bridgehead atoms. The van der Waals surface area contributed by atoms with E-state index < -0.39 is 0 Å². The summed E-state index contributed by atoms with van der Waals surface area (Å²) in [6.07, 6.45) is 8.46. The van der Waals surface area contributed by atoms with E-state index in [9.17, 15) is 0 Å². The van der Waals surface area contributed by atoms with Gasteiger partial charge in [0.1, 0.15) is 0 Å². The van der Waals surface area contributed by atoms with Gasteiger partial charge in [0.2, 0.25) is 0 Å². The van der Waals surface area contributed by atoms with Crippen LogP contribution in [0.1, 0.15) is 52.4 Å². The standard InChI is InChI=1S/C11H23N/c1-3-5-7-11(8-6-4-2)9-12-10-11/h12H,3-10H2,1-2H3. The van der Waals surface area contributed by atoms with Crippen LogP contribution in [0.2, 0.25) is 0 Å². The monoisotopic (exact) mass is 169 g/mol. The van der Waals surface area contributed by atoms with E-state index in [1.807, 2.05) is 0 Å². The van der Waals surface area contributed by atoms with Gasteiger partial charge in [-0.15, -0.1) is 0 Å². The number of hydrogen-bond acceptors (Lipinski definition) is 1. The van der Waals surface area contributed by atoms with E-state index in [1.54, 1.807) is 0 Å². The zero-order valence-corrected chi connectivity index (χ0v) is 8.66. The molecule has 0 radical (unpaired) electrons. The van der Waals surface area contributed by atoms with Gasteiger partial charge in [0.05, 0.1) is 0 Å². The highest BCUT2D eigenvalue weighted by atomic mass is 15.0. The molecule has 1 N–H and O–H groups in total. The van der Waals surface area contributed by atoms with Crippen LogP contribution in [0.4, 0.5) is 0 Å². The summed E-state index contributed by atoms with van der Waals surface area (Å²) in [6, 6.07) is 0. The normalized spacial score (nSPS) is 20.5. The fourth-order valence-corrected chi connectivity index (χ4v) is 2.06. The van der Waals surface area contributed by atoms with Gasteiger partial charge >= 0.3 is 0 Å². The van der Waals surface area contributed by atoms with E-state index >= 15 is 0 Å². The molecule has 1 aliphatic rings. The summed E-state index contributed by atoms with van der Waals surface area (Å²) >= 11 is 0.